The molecule has 0 radical (unpaired) electrons. The molecule has 0 aromatic carbocycles. The molecule has 5 atom stereocenters. The van der Waals surface area contributed by atoms with E-state index in [9.17, 15) is 0 Å². The Kier molecular flexibility index (Phi) is 3.03. The van der Waals surface area contributed by atoms with Gasteiger partial charge in [-0.1, -0.05) is 31.9 Å². The molecule has 2 nitrogen and oxygen atoms in total. The lowest BCUT2D eigenvalue weighted by Gasteiger charge is -2.56. The molecule has 0 spiro atoms. The minimum Gasteiger partial charge on any atom is -0.323 e. The van der Waals surface area contributed by atoms with E-state index in [0.29, 0.717) is 10.8 Å². The van der Waals surface area contributed by atoms with Gasteiger partial charge in [-0.05, 0) is 74.5 Å². The van der Waals surface area contributed by atoms with E-state index in [0.717, 1.165) is 24.2 Å². The maximum Gasteiger partial charge on any atom is 0.0437 e. The molecule has 116 valence electrons. The Morgan fingerprint density at radius 1 is 1.05 bits per heavy atom. The van der Waals surface area contributed by atoms with Crippen molar-refractivity contribution in [1.29, 1.82) is 0 Å². The van der Waals surface area contributed by atoms with Crippen LogP contribution in [0.2, 0.25) is 0 Å². The van der Waals surface area contributed by atoms with Gasteiger partial charge in [0.2, 0.25) is 0 Å². The van der Waals surface area contributed by atoms with Gasteiger partial charge >= 0.3 is 0 Å². The standard InChI is InChI=1S/C19H30N2/c1-18-11-4-3-5-13(18)6-7-14-15-8-9-17(21-20)19(15,2)12-10-16(14)18/h6,14-16H,3-5,7-12,20H2,1-2H3/b21-17+. The fourth-order valence-electron chi connectivity index (χ4n) is 6.70. The van der Waals surface area contributed by atoms with Crippen molar-refractivity contribution in [2.45, 2.75) is 71.6 Å². The van der Waals surface area contributed by atoms with Crippen molar-refractivity contribution in [3.05, 3.63) is 11.6 Å². The Balaban J connectivity index is 1.70. The highest BCUT2D eigenvalue weighted by Crippen LogP contribution is 2.64. The Morgan fingerprint density at radius 3 is 2.67 bits per heavy atom. The summed E-state index contributed by atoms with van der Waals surface area (Å²) < 4.78 is 0. The quantitative estimate of drug-likeness (QED) is 0.393. The van der Waals surface area contributed by atoms with Gasteiger partial charge in [0.05, 0.1) is 0 Å². The SMILES string of the molecule is CC12CCCCC1=CCC1C2CCC2(C)/C(=N/N)CCC12. The summed E-state index contributed by atoms with van der Waals surface area (Å²) in [6.07, 6.45) is 14.8. The number of nitrogens with zero attached hydrogens (tertiary/aromatic N) is 1. The molecule has 4 rings (SSSR count). The molecule has 0 aromatic heterocycles. The molecule has 0 saturated heterocycles. The third-order valence-corrected chi connectivity index (χ3v) is 7.91. The first-order valence-electron chi connectivity index (χ1n) is 9.06. The van der Waals surface area contributed by atoms with Crippen LogP contribution >= 0.6 is 0 Å². The summed E-state index contributed by atoms with van der Waals surface area (Å²) in [5.74, 6) is 8.34. The van der Waals surface area contributed by atoms with Crippen molar-refractivity contribution >= 4 is 5.71 Å². The Hall–Kier alpha value is -0.790. The van der Waals surface area contributed by atoms with Crippen molar-refractivity contribution in [3.63, 3.8) is 0 Å². The van der Waals surface area contributed by atoms with Gasteiger partial charge in [-0.3, -0.25) is 0 Å². The Labute approximate surface area is 129 Å². The first-order valence-corrected chi connectivity index (χ1v) is 9.06. The van der Waals surface area contributed by atoms with E-state index < -0.39 is 0 Å². The Bertz CT molecular complexity index is 506. The van der Waals surface area contributed by atoms with E-state index in [-0.39, 0.29) is 0 Å². The zero-order chi connectivity index (χ0) is 14.7. The number of allylic oxidation sites excluding steroid dienone is 2. The third kappa shape index (κ3) is 1.74. The van der Waals surface area contributed by atoms with Crippen LogP contribution in [0.25, 0.3) is 0 Å². The van der Waals surface area contributed by atoms with E-state index in [1.165, 1.54) is 57.1 Å². The van der Waals surface area contributed by atoms with Crippen LogP contribution in [-0.4, -0.2) is 5.71 Å². The summed E-state index contributed by atoms with van der Waals surface area (Å²) in [7, 11) is 0. The normalized spacial score (nSPS) is 51.0. The number of fused-ring (bicyclic) bond motifs is 5. The lowest BCUT2D eigenvalue weighted by molar-refractivity contribution is -0.00620. The molecule has 4 aliphatic carbocycles. The van der Waals surface area contributed by atoms with Gasteiger partial charge in [-0.25, -0.2) is 0 Å². The molecule has 0 aromatic rings. The summed E-state index contributed by atoms with van der Waals surface area (Å²) >= 11 is 0. The minimum absolute atomic E-state index is 0.312. The van der Waals surface area contributed by atoms with Crippen LogP contribution in [0, 0.1) is 28.6 Å². The predicted molar refractivity (Wildman–Crippen MR) is 87.9 cm³/mol. The van der Waals surface area contributed by atoms with Crippen LogP contribution in [0.15, 0.2) is 16.8 Å². The highest BCUT2D eigenvalue weighted by molar-refractivity contribution is 5.92. The minimum atomic E-state index is 0.312. The summed E-state index contributed by atoms with van der Waals surface area (Å²) in [6.45, 7) is 5.04. The van der Waals surface area contributed by atoms with Gasteiger partial charge in [0.1, 0.15) is 0 Å². The van der Waals surface area contributed by atoms with Gasteiger partial charge in [0, 0.05) is 11.1 Å². The fourth-order valence-corrected chi connectivity index (χ4v) is 6.70. The highest BCUT2D eigenvalue weighted by atomic mass is 15.1. The molecule has 4 aliphatic rings. The van der Waals surface area contributed by atoms with Crippen molar-refractivity contribution in [3.8, 4) is 0 Å². The summed E-state index contributed by atoms with van der Waals surface area (Å²) in [5, 5.41) is 4.18. The predicted octanol–water partition coefficient (Wildman–Crippen LogP) is 4.65. The largest absolute Gasteiger partial charge is 0.323 e. The average molecular weight is 286 g/mol. The van der Waals surface area contributed by atoms with Crippen LogP contribution in [0.5, 0.6) is 0 Å². The van der Waals surface area contributed by atoms with Crippen LogP contribution in [0.4, 0.5) is 0 Å². The topological polar surface area (TPSA) is 38.4 Å². The lowest BCUT2D eigenvalue weighted by atomic mass is 9.48. The molecular formula is C19H30N2. The van der Waals surface area contributed by atoms with Crippen LogP contribution < -0.4 is 5.84 Å². The summed E-state index contributed by atoms with van der Waals surface area (Å²) in [6, 6.07) is 0. The number of hydrazone groups is 1. The molecule has 5 unspecified atom stereocenters. The zero-order valence-electron chi connectivity index (χ0n) is 13.7. The number of rotatable bonds is 0. The number of nitrogens with two attached hydrogens (primary N) is 1. The molecule has 2 heteroatoms. The van der Waals surface area contributed by atoms with E-state index in [2.05, 4.69) is 25.0 Å². The van der Waals surface area contributed by atoms with Crippen LogP contribution in [-0.2, 0) is 0 Å². The molecule has 21 heavy (non-hydrogen) atoms. The molecule has 0 amide bonds. The number of hydrogen-bond acceptors (Lipinski definition) is 2. The van der Waals surface area contributed by atoms with Crippen molar-refractivity contribution in [2.24, 2.45) is 39.5 Å². The molecule has 3 saturated carbocycles. The Morgan fingerprint density at radius 2 is 1.86 bits per heavy atom. The maximum absolute atomic E-state index is 5.70. The third-order valence-electron chi connectivity index (χ3n) is 7.91. The lowest BCUT2D eigenvalue weighted by Crippen LogP contribution is -2.49. The van der Waals surface area contributed by atoms with Gasteiger partial charge in [0.25, 0.3) is 0 Å². The zero-order valence-corrected chi connectivity index (χ0v) is 13.7. The molecule has 0 aliphatic heterocycles. The van der Waals surface area contributed by atoms with Gasteiger partial charge < -0.3 is 5.84 Å². The monoisotopic (exact) mass is 286 g/mol. The van der Waals surface area contributed by atoms with Crippen molar-refractivity contribution in [2.75, 3.05) is 0 Å². The molecule has 3 fully saturated rings. The second-order valence-corrected chi connectivity index (χ2v) is 8.54. The van der Waals surface area contributed by atoms with Crippen LogP contribution in [0.3, 0.4) is 0 Å². The average Bonchev–Trinajstić information content (AvgIpc) is 2.83. The van der Waals surface area contributed by atoms with Crippen LogP contribution in [0.1, 0.15) is 71.6 Å². The van der Waals surface area contributed by atoms with Crippen molar-refractivity contribution in [1.82, 2.24) is 0 Å². The van der Waals surface area contributed by atoms with Gasteiger partial charge in [-0.15, -0.1) is 0 Å². The van der Waals surface area contributed by atoms with Crippen molar-refractivity contribution < 1.29 is 0 Å². The van der Waals surface area contributed by atoms with Gasteiger partial charge in [0.15, 0.2) is 0 Å². The number of hydrogen-bond donors (Lipinski definition) is 1. The second kappa shape index (κ2) is 4.60. The fraction of sp³-hybridized carbons (Fsp3) is 0.842. The smallest absolute Gasteiger partial charge is 0.0437 e. The van der Waals surface area contributed by atoms with Gasteiger partial charge in [-0.2, -0.15) is 5.10 Å². The summed E-state index contributed by atoms with van der Waals surface area (Å²) in [4.78, 5) is 0. The molecule has 2 N–H and O–H groups in total. The van der Waals surface area contributed by atoms with E-state index in [1.54, 1.807) is 0 Å². The first-order chi connectivity index (χ1) is 10.1. The first kappa shape index (κ1) is 13.8. The maximum atomic E-state index is 5.70. The van der Waals surface area contributed by atoms with E-state index in [1.807, 2.05) is 5.57 Å². The summed E-state index contributed by atoms with van der Waals surface area (Å²) in [5.41, 5.74) is 3.95. The van der Waals surface area contributed by atoms with E-state index >= 15 is 0 Å². The molecular weight excluding hydrogens is 256 g/mol. The second-order valence-electron chi connectivity index (χ2n) is 8.54. The molecule has 0 bridgehead atoms. The van der Waals surface area contributed by atoms with E-state index in [4.69, 9.17) is 5.84 Å². The highest BCUT2D eigenvalue weighted by Gasteiger charge is 2.57. The molecule has 0 heterocycles.